The van der Waals surface area contributed by atoms with Crippen LogP contribution >= 0.6 is 0 Å². The Labute approximate surface area is 130 Å². The van der Waals surface area contributed by atoms with Crippen LogP contribution < -0.4 is 10.1 Å². The first-order chi connectivity index (χ1) is 10.1. The average molecular weight is 293 g/mol. The smallest absolute Gasteiger partial charge is 0.119 e. The molecular formula is C18H31NO2. The van der Waals surface area contributed by atoms with Crippen LogP contribution in [0, 0.1) is 5.41 Å². The van der Waals surface area contributed by atoms with Crippen molar-refractivity contribution < 1.29 is 9.47 Å². The van der Waals surface area contributed by atoms with Gasteiger partial charge in [-0.2, -0.15) is 0 Å². The summed E-state index contributed by atoms with van der Waals surface area (Å²) in [5.74, 6) is 0.899. The number of benzene rings is 1. The molecule has 0 aliphatic rings. The molecule has 1 N–H and O–H groups in total. The summed E-state index contributed by atoms with van der Waals surface area (Å²) >= 11 is 0. The highest BCUT2D eigenvalue weighted by molar-refractivity contribution is 5.20. The van der Waals surface area contributed by atoms with Gasteiger partial charge in [0, 0.05) is 6.54 Å². The first-order valence-electron chi connectivity index (χ1n) is 8.07. The van der Waals surface area contributed by atoms with Crippen molar-refractivity contribution in [1.82, 2.24) is 5.32 Å². The second-order valence-electron chi connectivity index (χ2n) is 6.28. The van der Waals surface area contributed by atoms with Crippen LogP contribution in [0.2, 0.25) is 0 Å². The van der Waals surface area contributed by atoms with Crippen molar-refractivity contribution in [1.29, 1.82) is 0 Å². The summed E-state index contributed by atoms with van der Waals surface area (Å²) in [6, 6.07) is 9.92. The van der Waals surface area contributed by atoms with Crippen LogP contribution in [-0.4, -0.2) is 32.4 Å². The van der Waals surface area contributed by atoms with Gasteiger partial charge in [0.2, 0.25) is 0 Å². The summed E-state index contributed by atoms with van der Waals surface area (Å²) < 4.78 is 11.9. The minimum atomic E-state index is 0.0857. The van der Waals surface area contributed by atoms with E-state index in [-0.39, 0.29) is 11.5 Å². The van der Waals surface area contributed by atoms with Crippen LogP contribution in [0.4, 0.5) is 0 Å². The first kappa shape index (κ1) is 18.0. The van der Waals surface area contributed by atoms with E-state index in [1.807, 2.05) is 30.3 Å². The van der Waals surface area contributed by atoms with E-state index in [0.29, 0.717) is 6.61 Å². The number of hydrogen-bond acceptors (Lipinski definition) is 3. The van der Waals surface area contributed by atoms with E-state index in [1.165, 1.54) is 0 Å². The lowest BCUT2D eigenvalue weighted by molar-refractivity contribution is -0.0192. The molecule has 1 atom stereocenters. The van der Waals surface area contributed by atoms with Crippen molar-refractivity contribution in [3.63, 3.8) is 0 Å². The fraction of sp³-hybridized carbons (Fsp3) is 0.667. The fourth-order valence-corrected chi connectivity index (χ4v) is 1.76. The SMILES string of the molecule is CCCNCC(COc1ccccc1)OCC(C)(C)CC. The predicted octanol–water partition coefficient (Wildman–Crippen LogP) is 3.89. The molecule has 0 bridgehead atoms. The molecule has 3 nitrogen and oxygen atoms in total. The maximum absolute atomic E-state index is 6.08. The molecule has 120 valence electrons. The highest BCUT2D eigenvalue weighted by atomic mass is 16.5. The van der Waals surface area contributed by atoms with Crippen LogP contribution in [0.25, 0.3) is 0 Å². The second kappa shape index (κ2) is 9.80. The number of ether oxygens (including phenoxy) is 2. The highest BCUT2D eigenvalue weighted by Gasteiger charge is 2.19. The molecule has 0 saturated heterocycles. The number of nitrogens with one attached hydrogen (secondary N) is 1. The first-order valence-corrected chi connectivity index (χ1v) is 8.07. The normalized spacial score (nSPS) is 13.1. The van der Waals surface area contributed by atoms with E-state index in [0.717, 1.165) is 38.3 Å². The summed E-state index contributed by atoms with van der Waals surface area (Å²) in [5, 5.41) is 3.42. The van der Waals surface area contributed by atoms with Crippen LogP contribution in [0.1, 0.15) is 40.5 Å². The van der Waals surface area contributed by atoms with Gasteiger partial charge in [-0.15, -0.1) is 0 Å². The van der Waals surface area contributed by atoms with Crippen molar-refractivity contribution in [2.75, 3.05) is 26.3 Å². The monoisotopic (exact) mass is 293 g/mol. The Hall–Kier alpha value is -1.06. The third-order valence-electron chi connectivity index (χ3n) is 3.64. The van der Waals surface area contributed by atoms with Gasteiger partial charge in [0.15, 0.2) is 0 Å². The quantitative estimate of drug-likeness (QED) is 0.628. The lowest BCUT2D eigenvalue weighted by Gasteiger charge is -2.27. The summed E-state index contributed by atoms with van der Waals surface area (Å²) in [6.45, 7) is 12.0. The molecule has 0 aromatic heterocycles. The van der Waals surface area contributed by atoms with Crippen molar-refractivity contribution in [3.8, 4) is 5.75 Å². The van der Waals surface area contributed by atoms with Gasteiger partial charge in [0.05, 0.1) is 6.61 Å². The van der Waals surface area contributed by atoms with Crippen LogP contribution in [0.3, 0.4) is 0 Å². The van der Waals surface area contributed by atoms with Crippen LogP contribution in [0.5, 0.6) is 5.75 Å². The number of rotatable bonds is 11. The molecule has 1 aromatic carbocycles. The number of hydrogen-bond donors (Lipinski definition) is 1. The highest BCUT2D eigenvalue weighted by Crippen LogP contribution is 2.20. The Bertz CT molecular complexity index is 365. The summed E-state index contributed by atoms with van der Waals surface area (Å²) in [5.41, 5.74) is 0.218. The molecule has 0 radical (unpaired) electrons. The van der Waals surface area contributed by atoms with Crippen molar-refractivity contribution in [3.05, 3.63) is 30.3 Å². The van der Waals surface area contributed by atoms with Gasteiger partial charge in [0.25, 0.3) is 0 Å². The largest absolute Gasteiger partial charge is 0.491 e. The maximum Gasteiger partial charge on any atom is 0.119 e. The van der Waals surface area contributed by atoms with Gasteiger partial charge >= 0.3 is 0 Å². The molecule has 1 aromatic rings. The Morgan fingerprint density at radius 1 is 1.14 bits per heavy atom. The molecule has 1 unspecified atom stereocenters. The predicted molar refractivity (Wildman–Crippen MR) is 88.9 cm³/mol. The zero-order chi connectivity index (χ0) is 15.6. The van der Waals surface area contributed by atoms with Crippen LogP contribution in [0.15, 0.2) is 30.3 Å². The van der Waals surface area contributed by atoms with E-state index in [9.17, 15) is 0 Å². The summed E-state index contributed by atoms with van der Waals surface area (Å²) in [4.78, 5) is 0. The zero-order valence-corrected chi connectivity index (χ0v) is 14.0. The topological polar surface area (TPSA) is 30.5 Å². The van der Waals surface area contributed by atoms with Gasteiger partial charge in [-0.25, -0.2) is 0 Å². The molecule has 0 aliphatic heterocycles. The Morgan fingerprint density at radius 3 is 2.48 bits per heavy atom. The molecule has 3 heteroatoms. The fourth-order valence-electron chi connectivity index (χ4n) is 1.76. The van der Waals surface area contributed by atoms with E-state index < -0.39 is 0 Å². The van der Waals surface area contributed by atoms with Gasteiger partial charge in [-0.05, 0) is 36.9 Å². The molecule has 0 aliphatic carbocycles. The molecule has 0 spiro atoms. The van der Waals surface area contributed by atoms with Crippen molar-refractivity contribution in [2.24, 2.45) is 5.41 Å². The molecule has 0 heterocycles. The lowest BCUT2D eigenvalue weighted by Crippen LogP contribution is -2.36. The summed E-state index contributed by atoms with van der Waals surface area (Å²) in [6.07, 6.45) is 2.33. The molecule has 0 saturated carbocycles. The van der Waals surface area contributed by atoms with E-state index in [2.05, 4.69) is 33.0 Å². The Kier molecular flexibility index (Phi) is 8.40. The average Bonchev–Trinajstić information content (AvgIpc) is 2.50. The van der Waals surface area contributed by atoms with E-state index in [4.69, 9.17) is 9.47 Å². The zero-order valence-electron chi connectivity index (χ0n) is 14.0. The second-order valence-corrected chi connectivity index (χ2v) is 6.28. The maximum atomic E-state index is 6.08. The molecule has 21 heavy (non-hydrogen) atoms. The minimum absolute atomic E-state index is 0.0857. The number of para-hydroxylation sites is 1. The molecular weight excluding hydrogens is 262 g/mol. The van der Waals surface area contributed by atoms with E-state index >= 15 is 0 Å². The van der Waals surface area contributed by atoms with Crippen LogP contribution in [-0.2, 0) is 4.74 Å². The lowest BCUT2D eigenvalue weighted by atomic mass is 9.92. The molecule has 1 rings (SSSR count). The van der Waals surface area contributed by atoms with Gasteiger partial charge in [-0.3, -0.25) is 0 Å². The third kappa shape index (κ3) is 8.08. The third-order valence-corrected chi connectivity index (χ3v) is 3.64. The van der Waals surface area contributed by atoms with Crippen molar-refractivity contribution in [2.45, 2.75) is 46.6 Å². The van der Waals surface area contributed by atoms with Gasteiger partial charge < -0.3 is 14.8 Å². The minimum Gasteiger partial charge on any atom is -0.491 e. The van der Waals surface area contributed by atoms with Gasteiger partial charge in [-0.1, -0.05) is 45.9 Å². The van der Waals surface area contributed by atoms with Crippen molar-refractivity contribution >= 4 is 0 Å². The molecule has 0 fully saturated rings. The standard InChI is InChI=1S/C18H31NO2/c1-5-12-19-13-17(21-15-18(3,4)6-2)14-20-16-10-8-7-9-11-16/h7-11,17,19H,5-6,12-15H2,1-4H3. The Balaban J connectivity index is 2.43. The Morgan fingerprint density at radius 2 is 1.86 bits per heavy atom. The summed E-state index contributed by atoms with van der Waals surface area (Å²) in [7, 11) is 0. The van der Waals surface area contributed by atoms with Gasteiger partial charge in [0.1, 0.15) is 18.5 Å². The van der Waals surface area contributed by atoms with E-state index in [1.54, 1.807) is 0 Å². The molecule has 0 amide bonds.